The Morgan fingerprint density at radius 2 is 2.04 bits per heavy atom. The highest BCUT2D eigenvalue weighted by molar-refractivity contribution is 14.0. The topological polar surface area (TPSA) is 48.9 Å². The number of para-hydroxylation sites is 1. The summed E-state index contributed by atoms with van der Waals surface area (Å²) in [6.07, 6.45) is 2.83. The van der Waals surface area contributed by atoms with E-state index in [0.29, 0.717) is 13.2 Å². The van der Waals surface area contributed by atoms with Gasteiger partial charge in [0.2, 0.25) is 0 Å². The van der Waals surface area contributed by atoms with E-state index in [1.54, 1.807) is 6.08 Å². The van der Waals surface area contributed by atoms with E-state index in [2.05, 4.69) is 48.1 Å². The molecule has 0 radical (unpaired) electrons. The van der Waals surface area contributed by atoms with Crippen LogP contribution < -0.4 is 15.4 Å². The second-order valence-electron chi connectivity index (χ2n) is 5.49. The molecule has 1 aromatic rings. The standard InChI is InChI=1S/C18H30N4O.HI/c1-5-14-23-17-11-8-7-10-16(17)15-21-18(19-6-2)20-12-9-13-22(3)4;/h5,7-8,10-11H,1,6,9,12-15H2,2-4H3,(H2,19,20,21);1H. The summed E-state index contributed by atoms with van der Waals surface area (Å²) in [7, 11) is 4.17. The van der Waals surface area contributed by atoms with Gasteiger partial charge < -0.3 is 20.3 Å². The number of hydrogen-bond acceptors (Lipinski definition) is 3. The summed E-state index contributed by atoms with van der Waals surface area (Å²) in [6.45, 7) is 9.64. The molecule has 0 aliphatic rings. The Morgan fingerprint density at radius 1 is 1.29 bits per heavy atom. The van der Waals surface area contributed by atoms with Crippen LogP contribution in [0.25, 0.3) is 0 Å². The molecule has 0 atom stereocenters. The smallest absolute Gasteiger partial charge is 0.191 e. The van der Waals surface area contributed by atoms with Gasteiger partial charge in [0.15, 0.2) is 5.96 Å². The average Bonchev–Trinajstić information content (AvgIpc) is 2.55. The van der Waals surface area contributed by atoms with E-state index in [-0.39, 0.29) is 24.0 Å². The number of aliphatic imine (C=N–C) groups is 1. The van der Waals surface area contributed by atoms with Crippen LogP contribution in [0, 0.1) is 0 Å². The first kappa shape index (κ1) is 22.7. The van der Waals surface area contributed by atoms with Crippen molar-refractivity contribution in [1.82, 2.24) is 15.5 Å². The van der Waals surface area contributed by atoms with Gasteiger partial charge in [0.05, 0.1) is 6.54 Å². The van der Waals surface area contributed by atoms with Crippen LogP contribution in [-0.2, 0) is 6.54 Å². The number of ether oxygens (including phenoxy) is 1. The maximum Gasteiger partial charge on any atom is 0.191 e. The zero-order valence-electron chi connectivity index (χ0n) is 15.0. The molecule has 0 amide bonds. The zero-order valence-corrected chi connectivity index (χ0v) is 17.4. The molecule has 0 spiro atoms. The molecule has 0 unspecified atom stereocenters. The van der Waals surface area contributed by atoms with Crippen molar-refractivity contribution in [2.24, 2.45) is 4.99 Å². The maximum atomic E-state index is 5.67. The minimum atomic E-state index is 0. The number of hydrogen-bond donors (Lipinski definition) is 2. The van der Waals surface area contributed by atoms with Crippen LogP contribution in [0.1, 0.15) is 18.9 Å². The fourth-order valence-electron chi connectivity index (χ4n) is 2.03. The number of guanidine groups is 1. The summed E-state index contributed by atoms with van der Waals surface area (Å²) >= 11 is 0. The molecule has 5 nitrogen and oxygen atoms in total. The molecule has 24 heavy (non-hydrogen) atoms. The van der Waals surface area contributed by atoms with Gasteiger partial charge in [-0.3, -0.25) is 0 Å². The largest absolute Gasteiger partial charge is 0.489 e. The number of nitrogens with zero attached hydrogens (tertiary/aromatic N) is 2. The molecular weight excluding hydrogens is 415 g/mol. The van der Waals surface area contributed by atoms with Crippen molar-refractivity contribution in [1.29, 1.82) is 0 Å². The summed E-state index contributed by atoms with van der Waals surface area (Å²) in [5.74, 6) is 1.70. The zero-order chi connectivity index (χ0) is 16.9. The first-order valence-electron chi connectivity index (χ1n) is 8.15. The molecule has 2 N–H and O–H groups in total. The van der Waals surface area contributed by atoms with Crippen LogP contribution >= 0.6 is 24.0 Å². The Kier molecular flexibility index (Phi) is 13.3. The highest BCUT2D eigenvalue weighted by atomic mass is 127. The fraction of sp³-hybridized carbons (Fsp3) is 0.500. The Morgan fingerprint density at radius 3 is 2.71 bits per heavy atom. The van der Waals surface area contributed by atoms with E-state index < -0.39 is 0 Å². The molecule has 0 aliphatic carbocycles. The molecule has 0 saturated carbocycles. The van der Waals surface area contributed by atoms with E-state index in [0.717, 1.165) is 43.3 Å². The third-order valence-electron chi connectivity index (χ3n) is 3.16. The third kappa shape index (κ3) is 9.77. The van der Waals surface area contributed by atoms with Gasteiger partial charge in [-0.15, -0.1) is 24.0 Å². The van der Waals surface area contributed by atoms with Gasteiger partial charge in [-0.05, 0) is 40.1 Å². The van der Waals surface area contributed by atoms with E-state index in [4.69, 9.17) is 4.74 Å². The van der Waals surface area contributed by atoms with Crippen molar-refractivity contribution in [3.05, 3.63) is 42.5 Å². The van der Waals surface area contributed by atoms with E-state index >= 15 is 0 Å². The molecule has 0 bridgehead atoms. The first-order valence-corrected chi connectivity index (χ1v) is 8.15. The van der Waals surface area contributed by atoms with Crippen LogP contribution in [-0.4, -0.2) is 51.2 Å². The Labute approximate surface area is 163 Å². The monoisotopic (exact) mass is 446 g/mol. The van der Waals surface area contributed by atoms with Crippen molar-refractivity contribution in [2.75, 3.05) is 40.3 Å². The predicted molar refractivity (Wildman–Crippen MR) is 114 cm³/mol. The van der Waals surface area contributed by atoms with Crippen molar-refractivity contribution in [3.8, 4) is 5.75 Å². The van der Waals surface area contributed by atoms with Crippen molar-refractivity contribution in [2.45, 2.75) is 19.9 Å². The SMILES string of the molecule is C=CCOc1ccccc1CN=C(NCC)NCCCN(C)C.I. The van der Waals surface area contributed by atoms with Gasteiger partial charge in [-0.25, -0.2) is 4.99 Å². The van der Waals surface area contributed by atoms with Gasteiger partial charge in [0, 0.05) is 18.7 Å². The normalized spacial score (nSPS) is 10.9. The summed E-state index contributed by atoms with van der Waals surface area (Å²) in [5.41, 5.74) is 1.07. The lowest BCUT2D eigenvalue weighted by Gasteiger charge is -2.14. The minimum absolute atomic E-state index is 0. The van der Waals surface area contributed by atoms with Crippen LogP contribution in [0.3, 0.4) is 0 Å². The lowest BCUT2D eigenvalue weighted by Crippen LogP contribution is -2.38. The molecule has 6 heteroatoms. The maximum absolute atomic E-state index is 5.67. The summed E-state index contributed by atoms with van der Waals surface area (Å²) in [6, 6.07) is 7.97. The molecule has 136 valence electrons. The molecule has 0 saturated heterocycles. The summed E-state index contributed by atoms with van der Waals surface area (Å²) in [4.78, 5) is 6.82. The number of halogens is 1. The summed E-state index contributed by atoms with van der Waals surface area (Å²) < 4.78 is 5.67. The number of rotatable bonds is 10. The highest BCUT2D eigenvalue weighted by Crippen LogP contribution is 2.18. The number of nitrogens with one attached hydrogen (secondary N) is 2. The number of benzene rings is 1. The molecular formula is C18H31IN4O. The van der Waals surface area contributed by atoms with Crippen LogP contribution in [0.2, 0.25) is 0 Å². The van der Waals surface area contributed by atoms with Crippen LogP contribution in [0.5, 0.6) is 5.75 Å². The Balaban J connectivity index is 0.00000529. The fourth-order valence-corrected chi connectivity index (χ4v) is 2.03. The van der Waals surface area contributed by atoms with Gasteiger partial charge in [0.25, 0.3) is 0 Å². The van der Waals surface area contributed by atoms with E-state index in [9.17, 15) is 0 Å². The molecule has 1 rings (SSSR count). The molecule has 0 aromatic heterocycles. The second kappa shape index (κ2) is 14.1. The summed E-state index contributed by atoms with van der Waals surface area (Å²) in [5, 5.41) is 6.64. The van der Waals surface area contributed by atoms with E-state index in [1.165, 1.54) is 0 Å². The first-order chi connectivity index (χ1) is 11.2. The Bertz CT molecular complexity index is 492. The van der Waals surface area contributed by atoms with E-state index in [1.807, 2.05) is 24.3 Å². The molecule has 0 fully saturated rings. The molecule has 1 aromatic carbocycles. The second-order valence-corrected chi connectivity index (χ2v) is 5.49. The predicted octanol–water partition coefficient (Wildman–Crippen LogP) is 2.88. The van der Waals surface area contributed by atoms with Gasteiger partial charge in [0.1, 0.15) is 12.4 Å². The lowest BCUT2D eigenvalue weighted by atomic mass is 10.2. The van der Waals surface area contributed by atoms with Crippen molar-refractivity contribution < 1.29 is 4.74 Å². The molecule has 0 aliphatic heterocycles. The van der Waals surface area contributed by atoms with Crippen molar-refractivity contribution >= 4 is 29.9 Å². The van der Waals surface area contributed by atoms with Crippen LogP contribution in [0.4, 0.5) is 0 Å². The van der Waals surface area contributed by atoms with Gasteiger partial charge in [-0.2, -0.15) is 0 Å². The highest BCUT2D eigenvalue weighted by Gasteiger charge is 2.03. The lowest BCUT2D eigenvalue weighted by molar-refractivity contribution is 0.359. The quantitative estimate of drug-likeness (QED) is 0.191. The van der Waals surface area contributed by atoms with Crippen molar-refractivity contribution in [3.63, 3.8) is 0 Å². The van der Waals surface area contributed by atoms with Gasteiger partial charge in [-0.1, -0.05) is 30.9 Å². The minimum Gasteiger partial charge on any atom is -0.489 e. The molecule has 0 heterocycles. The van der Waals surface area contributed by atoms with Crippen LogP contribution in [0.15, 0.2) is 41.9 Å². The van der Waals surface area contributed by atoms with Gasteiger partial charge >= 0.3 is 0 Å². The third-order valence-corrected chi connectivity index (χ3v) is 3.16. The average molecular weight is 446 g/mol. The Hall–Kier alpha value is -1.28.